The molecule has 2 heterocycles. The average Bonchev–Trinajstić information content (AvgIpc) is 2.65. The van der Waals surface area contributed by atoms with Crippen molar-refractivity contribution in [3.05, 3.63) is 30.1 Å². The topological polar surface area (TPSA) is 70.1 Å². The summed E-state index contributed by atoms with van der Waals surface area (Å²) in [7, 11) is 0. The molecule has 0 aromatic carbocycles. The molecule has 108 valence electrons. The van der Waals surface area contributed by atoms with E-state index in [4.69, 9.17) is 10.5 Å². The molecule has 0 saturated heterocycles. The van der Waals surface area contributed by atoms with E-state index in [0.717, 1.165) is 5.39 Å². The van der Waals surface area contributed by atoms with Crippen LogP contribution in [0.4, 0.5) is 4.79 Å². The first-order chi connectivity index (χ1) is 9.09. The number of pyridine rings is 1. The molecule has 0 unspecified atom stereocenters. The van der Waals surface area contributed by atoms with E-state index >= 15 is 0 Å². The van der Waals surface area contributed by atoms with Gasteiger partial charge in [0.15, 0.2) is 0 Å². The SMILES string of the molecule is CC(C)(C)OC(=O)n1c(C(C)(C)N)cc2cccnc21. The predicted molar refractivity (Wildman–Crippen MR) is 78.6 cm³/mol. The lowest BCUT2D eigenvalue weighted by Gasteiger charge is -2.24. The Hall–Kier alpha value is -1.88. The van der Waals surface area contributed by atoms with Crippen LogP contribution in [0.3, 0.4) is 0 Å². The van der Waals surface area contributed by atoms with Gasteiger partial charge in [0.1, 0.15) is 11.2 Å². The van der Waals surface area contributed by atoms with E-state index in [1.54, 1.807) is 6.20 Å². The average molecular weight is 275 g/mol. The second kappa shape index (κ2) is 4.59. The number of aromatic nitrogens is 2. The van der Waals surface area contributed by atoms with Gasteiger partial charge in [-0.3, -0.25) is 0 Å². The number of nitrogens with zero attached hydrogens (tertiary/aromatic N) is 2. The van der Waals surface area contributed by atoms with Gasteiger partial charge >= 0.3 is 6.09 Å². The van der Waals surface area contributed by atoms with Crippen LogP contribution in [0.1, 0.15) is 40.3 Å². The molecule has 0 aliphatic heterocycles. The summed E-state index contributed by atoms with van der Waals surface area (Å²) in [5.74, 6) is 0. The number of fused-ring (bicyclic) bond motifs is 1. The monoisotopic (exact) mass is 275 g/mol. The highest BCUT2D eigenvalue weighted by molar-refractivity contribution is 5.88. The highest BCUT2D eigenvalue weighted by Gasteiger charge is 2.28. The molecule has 0 fully saturated rings. The molecule has 5 heteroatoms. The van der Waals surface area contributed by atoms with Gasteiger partial charge < -0.3 is 10.5 Å². The molecule has 0 radical (unpaired) electrons. The van der Waals surface area contributed by atoms with Crippen LogP contribution in [0.5, 0.6) is 0 Å². The van der Waals surface area contributed by atoms with Gasteiger partial charge in [0.25, 0.3) is 0 Å². The number of hydrogen-bond acceptors (Lipinski definition) is 4. The largest absolute Gasteiger partial charge is 0.443 e. The van der Waals surface area contributed by atoms with Crippen molar-refractivity contribution < 1.29 is 9.53 Å². The fourth-order valence-corrected chi connectivity index (χ4v) is 2.00. The molecule has 0 aliphatic carbocycles. The van der Waals surface area contributed by atoms with Crippen molar-refractivity contribution in [3.8, 4) is 0 Å². The minimum atomic E-state index is -0.669. The van der Waals surface area contributed by atoms with Crippen LogP contribution in [0, 0.1) is 0 Å². The number of carbonyl (C=O) groups excluding carboxylic acids is 1. The zero-order chi connectivity index (χ0) is 15.1. The van der Waals surface area contributed by atoms with E-state index in [-0.39, 0.29) is 0 Å². The quantitative estimate of drug-likeness (QED) is 0.868. The third kappa shape index (κ3) is 2.82. The molecular formula is C15H21N3O2. The van der Waals surface area contributed by atoms with E-state index in [2.05, 4.69) is 4.98 Å². The predicted octanol–water partition coefficient (Wildman–Crippen LogP) is 3.01. The molecule has 0 spiro atoms. The molecule has 0 aliphatic rings. The van der Waals surface area contributed by atoms with Crippen molar-refractivity contribution in [3.63, 3.8) is 0 Å². The first kappa shape index (κ1) is 14.5. The maximum atomic E-state index is 12.4. The van der Waals surface area contributed by atoms with Gasteiger partial charge in [-0.1, -0.05) is 0 Å². The van der Waals surface area contributed by atoms with Gasteiger partial charge in [-0.15, -0.1) is 0 Å². The van der Waals surface area contributed by atoms with Crippen LogP contribution in [0.25, 0.3) is 11.0 Å². The molecule has 0 atom stereocenters. The van der Waals surface area contributed by atoms with Gasteiger partial charge in [-0.05, 0) is 52.8 Å². The molecule has 2 rings (SSSR count). The third-order valence-corrected chi connectivity index (χ3v) is 2.80. The fourth-order valence-electron chi connectivity index (χ4n) is 2.00. The van der Waals surface area contributed by atoms with Gasteiger partial charge in [0.05, 0.1) is 11.2 Å². The Morgan fingerprint density at radius 2 is 1.95 bits per heavy atom. The Kier molecular flexibility index (Phi) is 3.34. The summed E-state index contributed by atoms with van der Waals surface area (Å²) in [6.07, 6.45) is 1.19. The van der Waals surface area contributed by atoms with E-state index in [9.17, 15) is 4.79 Å². The Morgan fingerprint density at radius 3 is 2.50 bits per heavy atom. The van der Waals surface area contributed by atoms with Gasteiger partial charge in [-0.25, -0.2) is 14.3 Å². The molecule has 20 heavy (non-hydrogen) atoms. The lowest BCUT2D eigenvalue weighted by molar-refractivity contribution is 0.0534. The van der Waals surface area contributed by atoms with E-state index < -0.39 is 17.2 Å². The van der Waals surface area contributed by atoms with E-state index in [0.29, 0.717) is 11.3 Å². The second-order valence-corrected chi connectivity index (χ2v) is 6.48. The fraction of sp³-hybridized carbons (Fsp3) is 0.467. The zero-order valence-corrected chi connectivity index (χ0v) is 12.6. The van der Waals surface area contributed by atoms with Crippen LogP contribution in [0.15, 0.2) is 24.4 Å². The third-order valence-electron chi connectivity index (χ3n) is 2.80. The summed E-state index contributed by atoms with van der Waals surface area (Å²) in [6.45, 7) is 9.19. The Bertz CT molecular complexity index is 645. The Balaban J connectivity index is 2.63. The normalized spacial score (nSPS) is 12.7. The highest BCUT2D eigenvalue weighted by Crippen LogP contribution is 2.26. The van der Waals surface area contributed by atoms with Crippen molar-refractivity contribution in [2.24, 2.45) is 5.73 Å². The molecule has 2 N–H and O–H groups in total. The van der Waals surface area contributed by atoms with Crippen LogP contribution in [-0.4, -0.2) is 21.2 Å². The van der Waals surface area contributed by atoms with Crippen molar-refractivity contribution in [1.29, 1.82) is 0 Å². The van der Waals surface area contributed by atoms with Crippen molar-refractivity contribution in [2.45, 2.75) is 45.8 Å². The van der Waals surface area contributed by atoms with Crippen LogP contribution >= 0.6 is 0 Å². The molecule has 0 saturated carbocycles. The summed E-state index contributed by atoms with van der Waals surface area (Å²) in [4.78, 5) is 16.7. The Labute approximate surface area is 118 Å². The Morgan fingerprint density at radius 1 is 1.30 bits per heavy atom. The second-order valence-electron chi connectivity index (χ2n) is 6.48. The van der Waals surface area contributed by atoms with Gasteiger partial charge in [0.2, 0.25) is 0 Å². The number of rotatable bonds is 1. The summed E-state index contributed by atoms with van der Waals surface area (Å²) >= 11 is 0. The minimum Gasteiger partial charge on any atom is -0.443 e. The lowest BCUT2D eigenvalue weighted by atomic mass is 10.0. The first-order valence-corrected chi connectivity index (χ1v) is 6.59. The van der Waals surface area contributed by atoms with Crippen molar-refractivity contribution in [2.75, 3.05) is 0 Å². The summed E-state index contributed by atoms with van der Waals surface area (Å²) < 4.78 is 6.91. The van der Waals surface area contributed by atoms with Crippen molar-refractivity contribution >= 4 is 17.1 Å². The van der Waals surface area contributed by atoms with E-state index in [1.807, 2.05) is 52.8 Å². The molecule has 2 aromatic rings. The molecule has 5 nitrogen and oxygen atoms in total. The number of hydrogen-bond donors (Lipinski definition) is 1. The number of nitrogens with two attached hydrogens (primary N) is 1. The van der Waals surface area contributed by atoms with E-state index in [1.165, 1.54) is 4.57 Å². The van der Waals surface area contributed by atoms with Crippen LogP contribution in [0.2, 0.25) is 0 Å². The standard InChI is InChI=1S/C15H21N3O2/c1-14(2,3)20-13(19)18-11(15(4,5)16)9-10-7-6-8-17-12(10)18/h6-9H,16H2,1-5H3. The van der Waals surface area contributed by atoms with Gasteiger partial charge in [0, 0.05) is 11.6 Å². The smallest absolute Gasteiger partial charge is 0.420 e. The maximum Gasteiger partial charge on any atom is 0.420 e. The minimum absolute atomic E-state index is 0.459. The number of carbonyl (C=O) groups is 1. The summed E-state index contributed by atoms with van der Waals surface area (Å²) in [5.41, 5.74) is 6.17. The highest BCUT2D eigenvalue weighted by atomic mass is 16.6. The lowest BCUT2D eigenvalue weighted by Crippen LogP contribution is -2.35. The number of ether oxygens (including phenoxy) is 1. The summed E-state index contributed by atoms with van der Waals surface area (Å²) in [6, 6.07) is 5.61. The molecular weight excluding hydrogens is 254 g/mol. The molecule has 0 bridgehead atoms. The first-order valence-electron chi connectivity index (χ1n) is 6.59. The van der Waals surface area contributed by atoms with Crippen molar-refractivity contribution in [1.82, 2.24) is 9.55 Å². The molecule has 0 amide bonds. The summed E-state index contributed by atoms with van der Waals surface area (Å²) in [5, 5.41) is 0.867. The van der Waals surface area contributed by atoms with Crippen LogP contribution in [-0.2, 0) is 10.3 Å². The van der Waals surface area contributed by atoms with Gasteiger partial charge in [-0.2, -0.15) is 0 Å². The molecule has 2 aromatic heterocycles. The maximum absolute atomic E-state index is 12.4. The zero-order valence-electron chi connectivity index (χ0n) is 12.6. The van der Waals surface area contributed by atoms with Crippen LogP contribution < -0.4 is 5.73 Å².